The number of nitrogens with zero attached hydrogens (tertiary/aromatic N) is 6. The van der Waals surface area contributed by atoms with Crippen LogP contribution < -0.4 is 5.69 Å². The van der Waals surface area contributed by atoms with Crippen molar-refractivity contribution in [3.63, 3.8) is 0 Å². The molecule has 1 aliphatic carbocycles. The highest BCUT2D eigenvalue weighted by Gasteiger charge is 2.18. The summed E-state index contributed by atoms with van der Waals surface area (Å²) in [5, 5.41) is 14.3. The summed E-state index contributed by atoms with van der Waals surface area (Å²) in [6.45, 7) is 3.54. The number of tetrazole rings is 1. The van der Waals surface area contributed by atoms with Crippen molar-refractivity contribution >= 4 is 0 Å². The second-order valence-electron chi connectivity index (χ2n) is 9.94. The van der Waals surface area contributed by atoms with Gasteiger partial charge in [-0.15, -0.1) is 5.10 Å². The van der Waals surface area contributed by atoms with Crippen LogP contribution in [-0.4, -0.2) is 34.7 Å². The first-order valence-corrected chi connectivity index (χ1v) is 13.3. The molecule has 0 radical (unpaired) electrons. The number of rotatable bonds is 10. The van der Waals surface area contributed by atoms with Crippen molar-refractivity contribution in [2.45, 2.75) is 77.8 Å². The highest BCUT2D eigenvalue weighted by atomic mass is 16.1. The third-order valence-electron chi connectivity index (χ3n) is 7.33. The van der Waals surface area contributed by atoms with E-state index in [1.165, 1.54) is 44.9 Å². The van der Waals surface area contributed by atoms with E-state index < -0.39 is 0 Å². The van der Waals surface area contributed by atoms with Crippen LogP contribution in [0, 0.1) is 5.92 Å². The standard InChI is InChI=1S/C28H35N7O/c1-2-3-5-12-24-20-34(18-21-10-6-4-7-11-21)28(36)35(24)19-23-16-15-22(17-29-23)25-13-8-9-14-26(25)27-30-32-33-31-27/h8-9,13-17,20-21H,2-7,10-12,18-19H2,1H3,(H,30,31,32,33). The molecule has 3 heterocycles. The zero-order chi connectivity index (χ0) is 24.7. The fraction of sp³-hybridized carbons (Fsp3) is 0.464. The van der Waals surface area contributed by atoms with Crippen LogP contribution in [-0.2, 0) is 19.5 Å². The summed E-state index contributed by atoms with van der Waals surface area (Å²) < 4.78 is 3.90. The van der Waals surface area contributed by atoms with E-state index in [0.29, 0.717) is 18.3 Å². The molecular weight excluding hydrogens is 450 g/mol. The first-order valence-electron chi connectivity index (χ1n) is 13.3. The Morgan fingerprint density at radius 1 is 1.03 bits per heavy atom. The molecule has 8 heteroatoms. The number of unbranched alkanes of at least 4 members (excludes halogenated alkanes) is 2. The van der Waals surface area contributed by atoms with E-state index in [4.69, 9.17) is 4.98 Å². The van der Waals surface area contributed by atoms with Crippen molar-refractivity contribution in [3.8, 4) is 22.5 Å². The normalized spacial score (nSPS) is 14.4. The third-order valence-corrected chi connectivity index (χ3v) is 7.33. The topological polar surface area (TPSA) is 94.3 Å². The van der Waals surface area contributed by atoms with Crippen LogP contribution in [0.4, 0.5) is 0 Å². The molecule has 4 aromatic rings. The smallest absolute Gasteiger partial charge is 0.299 e. The summed E-state index contributed by atoms with van der Waals surface area (Å²) in [7, 11) is 0. The molecule has 3 aromatic heterocycles. The van der Waals surface area contributed by atoms with E-state index in [2.05, 4.69) is 39.8 Å². The van der Waals surface area contributed by atoms with Gasteiger partial charge in [-0.2, -0.15) is 0 Å². The molecule has 1 aliphatic rings. The van der Waals surface area contributed by atoms with Gasteiger partial charge in [-0.3, -0.25) is 14.1 Å². The number of hydrogen-bond donors (Lipinski definition) is 1. The van der Waals surface area contributed by atoms with Crippen molar-refractivity contribution in [2.75, 3.05) is 0 Å². The Bertz CT molecular complexity index is 1300. The molecule has 0 spiro atoms. The first kappa shape index (κ1) is 24.2. The van der Waals surface area contributed by atoms with Gasteiger partial charge in [0.15, 0.2) is 5.82 Å². The number of pyridine rings is 1. The Hall–Kier alpha value is -3.55. The fourth-order valence-corrected chi connectivity index (χ4v) is 5.34. The minimum absolute atomic E-state index is 0.0983. The number of aromatic amines is 1. The van der Waals surface area contributed by atoms with Crippen LogP contribution in [0.15, 0.2) is 53.6 Å². The molecule has 0 bridgehead atoms. The minimum atomic E-state index is 0.0983. The average molecular weight is 486 g/mol. The van der Waals surface area contributed by atoms with Gasteiger partial charge >= 0.3 is 5.69 Å². The zero-order valence-electron chi connectivity index (χ0n) is 21.1. The van der Waals surface area contributed by atoms with E-state index in [1.54, 1.807) is 0 Å². The Balaban J connectivity index is 1.38. The molecule has 0 saturated heterocycles. The van der Waals surface area contributed by atoms with Gasteiger partial charge in [0.05, 0.1) is 12.2 Å². The lowest BCUT2D eigenvalue weighted by Crippen LogP contribution is -2.28. The number of aryl methyl sites for hydroxylation is 1. The lowest BCUT2D eigenvalue weighted by Gasteiger charge is -2.21. The highest BCUT2D eigenvalue weighted by Crippen LogP contribution is 2.29. The summed E-state index contributed by atoms with van der Waals surface area (Å²) in [6, 6.07) is 12.1. The molecule has 0 atom stereocenters. The lowest BCUT2D eigenvalue weighted by atomic mass is 9.89. The van der Waals surface area contributed by atoms with Crippen LogP contribution in [0.5, 0.6) is 0 Å². The van der Waals surface area contributed by atoms with Crippen molar-refractivity contribution < 1.29 is 0 Å². The molecule has 1 fully saturated rings. The van der Waals surface area contributed by atoms with E-state index in [9.17, 15) is 4.79 Å². The monoisotopic (exact) mass is 485 g/mol. The van der Waals surface area contributed by atoms with E-state index in [-0.39, 0.29) is 5.69 Å². The molecule has 8 nitrogen and oxygen atoms in total. The van der Waals surface area contributed by atoms with Crippen molar-refractivity contribution in [1.82, 2.24) is 34.7 Å². The number of aromatic nitrogens is 7. The van der Waals surface area contributed by atoms with Crippen molar-refractivity contribution in [1.29, 1.82) is 0 Å². The first-order chi connectivity index (χ1) is 17.7. The molecule has 0 amide bonds. The summed E-state index contributed by atoms with van der Waals surface area (Å²) in [6.07, 6.45) is 14.7. The van der Waals surface area contributed by atoms with Gasteiger partial charge in [-0.25, -0.2) is 9.89 Å². The summed E-state index contributed by atoms with van der Waals surface area (Å²) in [5.41, 5.74) is 5.01. The van der Waals surface area contributed by atoms with Crippen LogP contribution in [0.1, 0.15) is 69.7 Å². The molecule has 1 aromatic carbocycles. The molecule has 0 aliphatic heterocycles. The Kier molecular flexibility index (Phi) is 7.69. The molecular formula is C28H35N7O. The molecule has 0 unspecified atom stereocenters. The Morgan fingerprint density at radius 3 is 2.58 bits per heavy atom. The van der Waals surface area contributed by atoms with Gasteiger partial charge in [0, 0.05) is 35.8 Å². The maximum absolute atomic E-state index is 13.4. The maximum Gasteiger partial charge on any atom is 0.328 e. The molecule has 36 heavy (non-hydrogen) atoms. The van der Waals surface area contributed by atoms with Crippen molar-refractivity contribution in [2.24, 2.45) is 5.92 Å². The third kappa shape index (κ3) is 5.48. The number of hydrogen-bond acceptors (Lipinski definition) is 5. The van der Waals surface area contributed by atoms with Crippen LogP contribution >= 0.6 is 0 Å². The Morgan fingerprint density at radius 2 is 1.86 bits per heavy atom. The van der Waals surface area contributed by atoms with Crippen LogP contribution in [0.3, 0.4) is 0 Å². The Labute approximate surface area is 211 Å². The number of H-pyrrole nitrogens is 1. The van der Waals surface area contributed by atoms with Gasteiger partial charge in [-0.1, -0.05) is 69.4 Å². The molecule has 1 N–H and O–H groups in total. The molecule has 1 saturated carbocycles. The second kappa shape index (κ2) is 11.5. The minimum Gasteiger partial charge on any atom is -0.299 e. The predicted molar refractivity (Wildman–Crippen MR) is 140 cm³/mol. The quantitative estimate of drug-likeness (QED) is 0.310. The summed E-state index contributed by atoms with van der Waals surface area (Å²) >= 11 is 0. The van der Waals surface area contributed by atoms with E-state index in [0.717, 1.165) is 47.5 Å². The molecule has 5 rings (SSSR count). The largest absolute Gasteiger partial charge is 0.328 e. The molecule has 188 valence electrons. The van der Waals surface area contributed by atoms with Crippen molar-refractivity contribution in [3.05, 3.63) is 70.7 Å². The van der Waals surface area contributed by atoms with E-state index >= 15 is 0 Å². The lowest BCUT2D eigenvalue weighted by molar-refractivity contribution is 0.315. The fourth-order valence-electron chi connectivity index (χ4n) is 5.34. The highest BCUT2D eigenvalue weighted by molar-refractivity contribution is 5.79. The van der Waals surface area contributed by atoms with Gasteiger partial charge in [0.1, 0.15) is 0 Å². The number of benzene rings is 1. The van der Waals surface area contributed by atoms with E-state index in [1.807, 2.05) is 45.7 Å². The van der Waals surface area contributed by atoms with Crippen LogP contribution in [0.2, 0.25) is 0 Å². The number of nitrogens with one attached hydrogen (secondary N) is 1. The van der Waals surface area contributed by atoms with Gasteiger partial charge in [-0.05, 0) is 53.7 Å². The predicted octanol–water partition coefficient (Wildman–Crippen LogP) is 5.25. The zero-order valence-corrected chi connectivity index (χ0v) is 21.1. The van der Waals surface area contributed by atoms with Gasteiger partial charge in [0.25, 0.3) is 0 Å². The summed E-state index contributed by atoms with van der Waals surface area (Å²) in [5.74, 6) is 1.24. The summed E-state index contributed by atoms with van der Waals surface area (Å²) in [4.78, 5) is 18.2. The average Bonchev–Trinajstić information content (AvgIpc) is 3.55. The van der Waals surface area contributed by atoms with Gasteiger partial charge in [0.2, 0.25) is 0 Å². The van der Waals surface area contributed by atoms with Gasteiger partial charge < -0.3 is 0 Å². The second-order valence-corrected chi connectivity index (χ2v) is 9.94. The SMILES string of the molecule is CCCCCc1cn(CC2CCCCC2)c(=O)n1Cc1ccc(-c2ccccc2-c2nnn[nH]2)cn1. The van der Waals surface area contributed by atoms with Crippen LogP contribution in [0.25, 0.3) is 22.5 Å². The maximum atomic E-state index is 13.4. The number of imidazole rings is 1.